The molecular formula is C24H31NO4. The zero-order valence-corrected chi connectivity index (χ0v) is 17.9. The molecule has 1 aliphatic heterocycles. The van der Waals surface area contributed by atoms with Gasteiger partial charge in [-0.1, -0.05) is 6.07 Å². The van der Waals surface area contributed by atoms with E-state index in [0.717, 1.165) is 61.6 Å². The number of hydrogen-bond acceptors (Lipinski definition) is 4. The van der Waals surface area contributed by atoms with E-state index in [1.54, 1.807) is 21.3 Å². The number of hydrogen-bond donors (Lipinski definition) is 0. The molecule has 3 rings (SSSR count). The predicted molar refractivity (Wildman–Crippen MR) is 114 cm³/mol. The molecule has 1 amide bonds. The van der Waals surface area contributed by atoms with Gasteiger partial charge in [-0.05, 0) is 73.9 Å². The number of benzene rings is 2. The van der Waals surface area contributed by atoms with Crippen LogP contribution in [0.3, 0.4) is 0 Å². The maximum atomic E-state index is 12.8. The van der Waals surface area contributed by atoms with Crippen LogP contribution in [0.15, 0.2) is 36.4 Å². The van der Waals surface area contributed by atoms with Crippen molar-refractivity contribution in [2.75, 3.05) is 34.4 Å². The summed E-state index contributed by atoms with van der Waals surface area (Å²) in [6.07, 6.45) is 4.17. The molecule has 5 heteroatoms. The van der Waals surface area contributed by atoms with Crippen LogP contribution in [0.1, 0.15) is 40.7 Å². The lowest BCUT2D eigenvalue weighted by Gasteiger charge is -2.32. The Morgan fingerprint density at radius 3 is 2.21 bits per heavy atom. The summed E-state index contributed by atoms with van der Waals surface area (Å²) >= 11 is 0. The normalized spacial score (nSPS) is 14.6. The average molecular weight is 398 g/mol. The minimum Gasteiger partial charge on any atom is -0.497 e. The van der Waals surface area contributed by atoms with Crippen LogP contribution in [-0.4, -0.2) is 45.2 Å². The first-order chi connectivity index (χ1) is 14.0. The molecule has 0 bridgehead atoms. The molecule has 0 N–H and O–H groups in total. The van der Waals surface area contributed by atoms with Crippen molar-refractivity contribution in [3.8, 4) is 17.2 Å². The van der Waals surface area contributed by atoms with Crippen molar-refractivity contribution in [3.05, 3.63) is 53.1 Å². The van der Waals surface area contributed by atoms with Gasteiger partial charge in [0.2, 0.25) is 0 Å². The highest BCUT2D eigenvalue weighted by Crippen LogP contribution is 2.28. The molecule has 1 fully saturated rings. The number of likely N-dealkylation sites (tertiary alicyclic amines) is 1. The summed E-state index contributed by atoms with van der Waals surface area (Å²) in [5.74, 6) is 3.14. The molecule has 1 aliphatic rings. The van der Waals surface area contributed by atoms with Crippen LogP contribution in [0.2, 0.25) is 0 Å². The summed E-state index contributed by atoms with van der Waals surface area (Å²) in [7, 11) is 4.99. The molecule has 0 unspecified atom stereocenters. The first-order valence-corrected chi connectivity index (χ1v) is 10.2. The number of carbonyl (C=O) groups excluding carboxylic acids is 1. The Balaban J connectivity index is 1.53. The lowest BCUT2D eigenvalue weighted by molar-refractivity contribution is 0.0686. The van der Waals surface area contributed by atoms with E-state index in [4.69, 9.17) is 14.2 Å². The summed E-state index contributed by atoms with van der Waals surface area (Å²) in [6.45, 7) is 3.60. The fourth-order valence-corrected chi connectivity index (χ4v) is 3.94. The molecule has 0 atom stereocenters. The van der Waals surface area contributed by atoms with E-state index in [1.807, 2.05) is 36.1 Å². The van der Waals surface area contributed by atoms with E-state index in [9.17, 15) is 4.79 Å². The third-order valence-corrected chi connectivity index (χ3v) is 5.81. The molecule has 1 heterocycles. The van der Waals surface area contributed by atoms with Gasteiger partial charge in [-0.2, -0.15) is 0 Å². The van der Waals surface area contributed by atoms with E-state index < -0.39 is 0 Å². The van der Waals surface area contributed by atoms with Crippen LogP contribution in [0.5, 0.6) is 17.2 Å². The average Bonchev–Trinajstić information content (AvgIpc) is 2.77. The topological polar surface area (TPSA) is 48.0 Å². The van der Waals surface area contributed by atoms with Gasteiger partial charge in [0.25, 0.3) is 5.91 Å². The van der Waals surface area contributed by atoms with Gasteiger partial charge in [0, 0.05) is 24.7 Å². The number of carbonyl (C=O) groups is 1. The quantitative estimate of drug-likeness (QED) is 0.690. The zero-order chi connectivity index (χ0) is 20.8. The third kappa shape index (κ3) is 5.22. The van der Waals surface area contributed by atoms with Gasteiger partial charge < -0.3 is 19.1 Å². The molecule has 0 radical (unpaired) electrons. The first-order valence-electron chi connectivity index (χ1n) is 10.2. The van der Waals surface area contributed by atoms with Crippen LogP contribution >= 0.6 is 0 Å². The van der Waals surface area contributed by atoms with Crippen molar-refractivity contribution in [3.63, 3.8) is 0 Å². The molecule has 5 nitrogen and oxygen atoms in total. The molecule has 0 saturated carbocycles. The van der Waals surface area contributed by atoms with Gasteiger partial charge in [0.1, 0.15) is 17.2 Å². The standard InChI is InChI=1S/C24H31NO4/c1-17-5-8-20(15-23(17)29-4)24(26)25-11-9-18(10-12-25)6-7-19-13-21(27-2)16-22(14-19)28-3/h5,8,13-16,18H,6-7,9-12H2,1-4H3. The fraction of sp³-hybridized carbons (Fsp3) is 0.458. The molecule has 2 aromatic carbocycles. The minimum absolute atomic E-state index is 0.0966. The molecule has 1 saturated heterocycles. The second-order valence-corrected chi connectivity index (χ2v) is 7.68. The highest BCUT2D eigenvalue weighted by atomic mass is 16.5. The van der Waals surface area contributed by atoms with Gasteiger partial charge in [-0.15, -0.1) is 0 Å². The number of ether oxygens (including phenoxy) is 3. The van der Waals surface area contributed by atoms with Gasteiger partial charge in [0.05, 0.1) is 21.3 Å². The van der Waals surface area contributed by atoms with Crippen molar-refractivity contribution in [2.45, 2.75) is 32.6 Å². The summed E-state index contributed by atoms with van der Waals surface area (Å²) in [5, 5.41) is 0. The predicted octanol–water partition coefficient (Wildman–Crippen LogP) is 4.51. The number of rotatable bonds is 7. The third-order valence-electron chi connectivity index (χ3n) is 5.81. The first kappa shape index (κ1) is 21.0. The second kappa shape index (κ2) is 9.68. The Bertz CT molecular complexity index is 819. The fourth-order valence-electron chi connectivity index (χ4n) is 3.94. The molecule has 0 aliphatic carbocycles. The van der Waals surface area contributed by atoms with Crippen LogP contribution in [0.4, 0.5) is 0 Å². The summed E-state index contributed by atoms with van der Waals surface area (Å²) in [6, 6.07) is 11.7. The maximum Gasteiger partial charge on any atom is 0.253 e. The molecule has 29 heavy (non-hydrogen) atoms. The van der Waals surface area contributed by atoms with E-state index in [2.05, 4.69) is 12.1 Å². The molecule has 2 aromatic rings. The van der Waals surface area contributed by atoms with Crippen LogP contribution in [-0.2, 0) is 6.42 Å². The van der Waals surface area contributed by atoms with Crippen molar-refractivity contribution in [2.24, 2.45) is 5.92 Å². The Kier molecular flexibility index (Phi) is 7.02. The maximum absolute atomic E-state index is 12.8. The molecule has 156 valence electrons. The van der Waals surface area contributed by atoms with E-state index in [0.29, 0.717) is 11.5 Å². The van der Waals surface area contributed by atoms with E-state index >= 15 is 0 Å². The monoisotopic (exact) mass is 397 g/mol. The minimum atomic E-state index is 0.0966. The summed E-state index contributed by atoms with van der Waals surface area (Å²) in [5.41, 5.74) is 2.97. The van der Waals surface area contributed by atoms with Crippen molar-refractivity contribution in [1.29, 1.82) is 0 Å². The van der Waals surface area contributed by atoms with Gasteiger partial charge in [0.15, 0.2) is 0 Å². The van der Waals surface area contributed by atoms with Crippen molar-refractivity contribution < 1.29 is 19.0 Å². The highest BCUT2D eigenvalue weighted by Gasteiger charge is 2.24. The van der Waals surface area contributed by atoms with Crippen LogP contribution in [0.25, 0.3) is 0 Å². The Hall–Kier alpha value is -2.69. The number of aryl methyl sites for hydroxylation is 2. The lowest BCUT2D eigenvalue weighted by atomic mass is 9.90. The highest BCUT2D eigenvalue weighted by molar-refractivity contribution is 5.94. The number of methoxy groups -OCH3 is 3. The second-order valence-electron chi connectivity index (χ2n) is 7.68. The summed E-state index contributed by atoms with van der Waals surface area (Å²) in [4.78, 5) is 14.8. The number of nitrogens with zero attached hydrogens (tertiary/aromatic N) is 1. The zero-order valence-electron chi connectivity index (χ0n) is 17.9. The Morgan fingerprint density at radius 1 is 0.966 bits per heavy atom. The number of amides is 1. The Labute approximate surface area is 173 Å². The van der Waals surface area contributed by atoms with E-state index in [1.165, 1.54) is 5.56 Å². The van der Waals surface area contributed by atoms with Crippen molar-refractivity contribution >= 4 is 5.91 Å². The van der Waals surface area contributed by atoms with Crippen LogP contribution < -0.4 is 14.2 Å². The number of piperidine rings is 1. The molecule has 0 aromatic heterocycles. The van der Waals surface area contributed by atoms with Gasteiger partial charge >= 0.3 is 0 Å². The SMILES string of the molecule is COc1cc(CCC2CCN(C(=O)c3ccc(C)c(OC)c3)CC2)cc(OC)c1. The lowest BCUT2D eigenvalue weighted by Crippen LogP contribution is -2.38. The van der Waals surface area contributed by atoms with Gasteiger partial charge in [-0.3, -0.25) is 4.79 Å². The largest absolute Gasteiger partial charge is 0.497 e. The van der Waals surface area contributed by atoms with Gasteiger partial charge in [-0.25, -0.2) is 0 Å². The van der Waals surface area contributed by atoms with E-state index in [-0.39, 0.29) is 5.91 Å². The molecule has 0 spiro atoms. The van der Waals surface area contributed by atoms with Crippen molar-refractivity contribution in [1.82, 2.24) is 4.90 Å². The smallest absolute Gasteiger partial charge is 0.253 e. The van der Waals surface area contributed by atoms with Crippen LogP contribution in [0, 0.1) is 12.8 Å². The molecular weight excluding hydrogens is 366 g/mol. The summed E-state index contributed by atoms with van der Waals surface area (Å²) < 4.78 is 16.1. The Morgan fingerprint density at radius 2 is 1.62 bits per heavy atom.